The van der Waals surface area contributed by atoms with Gasteiger partial charge in [0.1, 0.15) is 5.82 Å². The number of hydrogen-bond acceptors (Lipinski definition) is 3. The Morgan fingerprint density at radius 1 is 1.47 bits per heavy atom. The molecule has 0 fully saturated rings. The summed E-state index contributed by atoms with van der Waals surface area (Å²) in [7, 11) is 0. The number of hydrogen-bond donors (Lipinski definition) is 1. The minimum absolute atomic E-state index is 0.118. The molecule has 0 saturated carbocycles. The van der Waals surface area contributed by atoms with Crippen LogP contribution in [0, 0.1) is 5.82 Å². The lowest BCUT2D eigenvalue weighted by molar-refractivity contribution is 0.620. The highest BCUT2D eigenvalue weighted by Crippen LogP contribution is 2.39. The van der Waals surface area contributed by atoms with E-state index in [9.17, 15) is 4.39 Å². The Hall–Kier alpha value is -1.26. The fraction of sp³-hybridized carbons (Fsp3) is 0.286. The molecule has 3 rings (SSSR count). The van der Waals surface area contributed by atoms with E-state index in [1.165, 1.54) is 16.5 Å². The molecule has 2 heterocycles. The number of benzene rings is 1. The number of nitrogens with two attached hydrogens (primary N) is 1. The molecule has 1 atom stereocenters. The predicted octanol–water partition coefficient (Wildman–Crippen LogP) is 4.25. The highest BCUT2D eigenvalue weighted by atomic mass is 35.5. The van der Waals surface area contributed by atoms with E-state index in [4.69, 9.17) is 17.3 Å². The summed E-state index contributed by atoms with van der Waals surface area (Å²) in [5.74, 6) is -0.469. The number of nitrogens with zero attached hydrogens (tertiary/aromatic N) is 1. The first-order chi connectivity index (χ1) is 9.08. The van der Waals surface area contributed by atoms with Gasteiger partial charge >= 0.3 is 0 Å². The molecule has 0 saturated heterocycles. The molecule has 5 heteroatoms. The van der Waals surface area contributed by atoms with Crippen molar-refractivity contribution in [1.82, 2.24) is 0 Å². The Balaban J connectivity index is 2.02. The summed E-state index contributed by atoms with van der Waals surface area (Å²) in [5.41, 5.74) is 8.52. The van der Waals surface area contributed by atoms with E-state index in [0.29, 0.717) is 5.69 Å². The quantitative estimate of drug-likeness (QED) is 0.797. The number of rotatable bonds is 1. The summed E-state index contributed by atoms with van der Waals surface area (Å²) < 4.78 is 13.4. The zero-order valence-electron chi connectivity index (χ0n) is 10.5. The summed E-state index contributed by atoms with van der Waals surface area (Å²) in [6.45, 7) is 3.02. The molecule has 0 aliphatic carbocycles. The monoisotopic (exact) mass is 296 g/mol. The van der Waals surface area contributed by atoms with Gasteiger partial charge in [-0.1, -0.05) is 11.6 Å². The van der Waals surface area contributed by atoms with Gasteiger partial charge in [0.05, 0.1) is 22.4 Å². The van der Waals surface area contributed by atoms with E-state index in [1.807, 2.05) is 0 Å². The van der Waals surface area contributed by atoms with E-state index in [0.717, 1.165) is 18.7 Å². The number of halogens is 2. The lowest BCUT2D eigenvalue weighted by atomic mass is 10.0. The Morgan fingerprint density at radius 2 is 2.26 bits per heavy atom. The van der Waals surface area contributed by atoms with Crippen LogP contribution in [-0.4, -0.2) is 6.54 Å². The molecule has 2 nitrogen and oxygen atoms in total. The molecule has 1 aromatic heterocycles. The average molecular weight is 297 g/mol. The molecule has 0 spiro atoms. The third-order valence-electron chi connectivity index (χ3n) is 3.66. The topological polar surface area (TPSA) is 29.3 Å². The van der Waals surface area contributed by atoms with Gasteiger partial charge in [-0.2, -0.15) is 0 Å². The minimum Gasteiger partial charge on any atom is -0.397 e. The average Bonchev–Trinajstić information content (AvgIpc) is 2.84. The Morgan fingerprint density at radius 3 is 3.05 bits per heavy atom. The van der Waals surface area contributed by atoms with Crippen molar-refractivity contribution >= 4 is 34.3 Å². The number of thiophene rings is 1. The van der Waals surface area contributed by atoms with Crippen LogP contribution in [0.3, 0.4) is 0 Å². The second-order valence-electron chi connectivity index (χ2n) is 4.74. The number of fused-ring (bicyclic) bond motifs is 1. The molecule has 2 N–H and O–H groups in total. The van der Waals surface area contributed by atoms with Gasteiger partial charge < -0.3 is 10.6 Å². The Labute approximate surface area is 120 Å². The highest BCUT2D eigenvalue weighted by Gasteiger charge is 2.26. The van der Waals surface area contributed by atoms with E-state index >= 15 is 0 Å². The third kappa shape index (κ3) is 2.09. The van der Waals surface area contributed by atoms with Crippen molar-refractivity contribution in [3.8, 4) is 0 Å². The molecule has 2 aromatic rings. The van der Waals surface area contributed by atoms with Gasteiger partial charge in [-0.15, -0.1) is 11.3 Å². The zero-order chi connectivity index (χ0) is 13.6. The SMILES string of the molecule is CC1c2ccsc2CCN1c1cc(Cl)c(F)cc1N. The molecule has 1 aromatic carbocycles. The van der Waals surface area contributed by atoms with Crippen molar-refractivity contribution in [2.45, 2.75) is 19.4 Å². The second-order valence-corrected chi connectivity index (χ2v) is 6.15. The van der Waals surface area contributed by atoms with Crippen molar-refractivity contribution in [2.75, 3.05) is 17.2 Å². The summed E-state index contributed by atoms with van der Waals surface area (Å²) in [6, 6.07) is 5.31. The summed E-state index contributed by atoms with van der Waals surface area (Å²) in [4.78, 5) is 3.62. The summed E-state index contributed by atoms with van der Waals surface area (Å²) in [5, 5.41) is 2.23. The summed E-state index contributed by atoms with van der Waals surface area (Å²) in [6.07, 6.45) is 0.992. The Bertz CT molecular complexity index is 626. The van der Waals surface area contributed by atoms with Gasteiger partial charge in [-0.25, -0.2) is 4.39 Å². The highest BCUT2D eigenvalue weighted by molar-refractivity contribution is 7.10. The standard InChI is InChI=1S/C14H14ClFN2S/c1-8-9-3-5-19-14(9)2-4-18(8)13-6-10(15)11(16)7-12(13)17/h3,5-8H,2,4,17H2,1H3. The van der Waals surface area contributed by atoms with Crippen LogP contribution in [0.15, 0.2) is 23.6 Å². The van der Waals surface area contributed by atoms with E-state index in [2.05, 4.69) is 23.3 Å². The molecule has 0 bridgehead atoms. The van der Waals surface area contributed by atoms with Crippen LogP contribution in [0.2, 0.25) is 5.02 Å². The van der Waals surface area contributed by atoms with Gasteiger partial charge in [0.25, 0.3) is 0 Å². The number of anilines is 2. The maximum atomic E-state index is 13.4. The van der Waals surface area contributed by atoms with Crippen LogP contribution in [0.5, 0.6) is 0 Å². The number of nitrogen functional groups attached to an aromatic ring is 1. The molecule has 100 valence electrons. The van der Waals surface area contributed by atoms with E-state index in [-0.39, 0.29) is 11.1 Å². The maximum Gasteiger partial charge on any atom is 0.143 e. The fourth-order valence-corrected chi connectivity index (χ4v) is 3.76. The van der Waals surface area contributed by atoms with Gasteiger partial charge in [0, 0.05) is 17.5 Å². The molecule has 19 heavy (non-hydrogen) atoms. The smallest absolute Gasteiger partial charge is 0.143 e. The third-order valence-corrected chi connectivity index (χ3v) is 4.94. The molecule has 1 unspecified atom stereocenters. The van der Waals surface area contributed by atoms with E-state index in [1.54, 1.807) is 17.4 Å². The van der Waals surface area contributed by atoms with Gasteiger partial charge in [-0.3, -0.25) is 0 Å². The van der Waals surface area contributed by atoms with Crippen LogP contribution in [0.1, 0.15) is 23.4 Å². The molecule has 0 radical (unpaired) electrons. The zero-order valence-corrected chi connectivity index (χ0v) is 12.1. The van der Waals surface area contributed by atoms with Crippen LogP contribution < -0.4 is 10.6 Å². The fourth-order valence-electron chi connectivity index (χ4n) is 2.64. The first-order valence-electron chi connectivity index (χ1n) is 6.15. The van der Waals surface area contributed by atoms with Gasteiger partial charge in [0.2, 0.25) is 0 Å². The van der Waals surface area contributed by atoms with Crippen molar-refractivity contribution in [3.05, 3.63) is 44.9 Å². The lowest BCUT2D eigenvalue weighted by Gasteiger charge is -2.36. The van der Waals surface area contributed by atoms with Crippen molar-refractivity contribution in [3.63, 3.8) is 0 Å². The van der Waals surface area contributed by atoms with Crippen LogP contribution in [-0.2, 0) is 6.42 Å². The largest absolute Gasteiger partial charge is 0.397 e. The molecular weight excluding hydrogens is 283 g/mol. The first-order valence-corrected chi connectivity index (χ1v) is 7.41. The summed E-state index contributed by atoms with van der Waals surface area (Å²) >= 11 is 7.67. The maximum absolute atomic E-state index is 13.4. The van der Waals surface area contributed by atoms with E-state index < -0.39 is 5.82 Å². The second kappa shape index (κ2) is 4.69. The van der Waals surface area contributed by atoms with Gasteiger partial charge in [-0.05, 0) is 36.4 Å². The van der Waals surface area contributed by atoms with Crippen molar-refractivity contribution in [2.24, 2.45) is 0 Å². The molecule has 1 aliphatic rings. The van der Waals surface area contributed by atoms with Crippen LogP contribution in [0.4, 0.5) is 15.8 Å². The predicted molar refractivity (Wildman–Crippen MR) is 79.6 cm³/mol. The van der Waals surface area contributed by atoms with Crippen molar-refractivity contribution < 1.29 is 4.39 Å². The molecular formula is C14H14ClFN2S. The van der Waals surface area contributed by atoms with Gasteiger partial charge in [0.15, 0.2) is 0 Å². The molecule has 0 amide bonds. The lowest BCUT2D eigenvalue weighted by Crippen LogP contribution is -2.33. The molecule has 1 aliphatic heterocycles. The minimum atomic E-state index is -0.469. The normalized spacial score (nSPS) is 18.5. The van der Waals surface area contributed by atoms with Crippen LogP contribution in [0.25, 0.3) is 0 Å². The Kier molecular flexibility index (Phi) is 3.15. The van der Waals surface area contributed by atoms with Crippen molar-refractivity contribution in [1.29, 1.82) is 0 Å². The first kappa shape index (κ1) is 12.8. The van der Waals surface area contributed by atoms with Crippen LogP contribution >= 0.6 is 22.9 Å².